The Bertz CT molecular complexity index is 436. The predicted octanol–water partition coefficient (Wildman–Crippen LogP) is 3.66. The number of hydrogen-bond donors (Lipinski definition) is 1. The molecule has 0 radical (unpaired) electrons. The molecule has 2 nitrogen and oxygen atoms in total. The molecule has 2 heteroatoms. The molecule has 2 fully saturated rings. The average Bonchev–Trinajstić information content (AvgIpc) is 2.47. The molecular formula is C19H29NO. The molecule has 5 unspecified atom stereocenters. The van der Waals surface area contributed by atoms with Crippen LogP contribution in [0, 0.1) is 11.8 Å². The van der Waals surface area contributed by atoms with Crippen LogP contribution < -0.4 is 0 Å². The van der Waals surface area contributed by atoms with E-state index in [0.717, 1.165) is 44.2 Å². The predicted molar refractivity (Wildman–Crippen MR) is 87.3 cm³/mol. The van der Waals surface area contributed by atoms with Crippen LogP contribution in [0.5, 0.6) is 0 Å². The van der Waals surface area contributed by atoms with E-state index in [-0.39, 0.29) is 6.10 Å². The summed E-state index contributed by atoms with van der Waals surface area (Å²) in [5, 5.41) is 10.5. The quantitative estimate of drug-likeness (QED) is 0.897. The topological polar surface area (TPSA) is 23.5 Å². The van der Waals surface area contributed by atoms with Crippen LogP contribution in [0.25, 0.3) is 0 Å². The van der Waals surface area contributed by atoms with E-state index < -0.39 is 0 Å². The minimum Gasteiger partial charge on any atom is -0.391 e. The van der Waals surface area contributed by atoms with Crippen LogP contribution in [0.2, 0.25) is 0 Å². The lowest BCUT2D eigenvalue weighted by Crippen LogP contribution is -2.52. The third kappa shape index (κ3) is 3.49. The molecule has 1 N–H and O–H groups in total. The number of aliphatic hydroxyl groups excluding tert-OH is 1. The van der Waals surface area contributed by atoms with E-state index in [9.17, 15) is 5.11 Å². The van der Waals surface area contributed by atoms with Crippen molar-refractivity contribution in [2.24, 2.45) is 11.8 Å². The van der Waals surface area contributed by atoms with E-state index in [4.69, 9.17) is 0 Å². The summed E-state index contributed by atoms with van der Waals surface area (Å²) in [6, 6.07) is 11.2. The number of aliphatic hydroxyl groups is 1. The number of nitrogens with zero attached hydrogens (tertiary/aromatic N) is 1. The zero-order valence-electron chi connectivity index (χ0n) is 13.4. The van der Waals surface area contributed by atoms with Crippen molar-refractivity contribution in [3.8, 4) is 0 Å². The van der Waals surface area contributed by atoms with Gasteiger partial charge in [0.25, 0.3) is 0 Å². The molecule has 0 amide bonds. The van der Waals surface area contributed by atoms with E-state index in [1.807, 2.05) is 0 Å². The molecule has 1 aromatic carbocycles. The molecule has 3 rings (SSSR count). The molecular weight excluding hydrogens is 258 g/mol. The largest absolute Gasteiger partial charge is 0.391 e. The average molecular weight is 287 g/mol. The Morgan fingerprint density at radius 3 is 2.29 bits per heavy atom. The van der Waals surface area contributed by atoms with Crippen LogP contribution in [0.1, 0.15) is 51.0 Å². The number of piperidine rings is 1. The van der Waals surface area contributed by atoms with Gasteiger partial charge in [-0.05, 0) is 49.0 Å². The highest BCUT2D eigenvalue weighted by Gasteiger charge is 2.36. The zero-order valence-corrected chi connectivity index (χ0v) is 13.4. The summed E-state index contributed by atoms with van der Waals surface area (Å²) in [5.41, 5.74) is 1.45. The van der Waals surface area contributed by atoms with Gasteiger partial charge in [-0.15, -0.1) is 0 Å². The Hall–Kier alpha value is -0.860. The third-order valence-electron chi connectivity index (χ3n) is 5.42. The standard InChI is InChI=1S/C19H29NO/c1-14-10-15(2)13-20(12-14)18-11-17(8-9-19(18)21)16-6-4-3-5-7-16/h3-7,14-15,17-19,21H,8-13H2,1-2H3. The lowest BCUT2D eigenvalue weighted by Gasteiger charge is -2.45. The van der Waals surface area contributed by atoms with Gasteiger partial charge in [0.2, 0.25) is 0 Å². The Labute approximate surface area is 129 Å². The molecule has 1 aromatic rings. The van der Waals surface area contributed by atoms with Gasteiger partial charge in [-0.1, -0.05) is 44.2 Å². The number of hydrogen-bond acceptors (Lipinski definition) is 2. The molecule has 21 heavy (non-hydrogen) atoms. The second kappa shape index (κ2) is 6.50. The van der Waals surface area contributed by atoms with Gasteiger partial charge in [-0.2, -0.15) is 0 Å². The van der Waals surface area contributed by atoms with Gasteiger partial charge in [0, 0.05) is 19.1 Å². The molecule has 1 heterocycles. The fraction of sp³-hybridized carbons (Fsp3) is 0.684. The van der Waals surface area contributed by atoms with Gasteiger partial charge in [0.05, 0.1) is 6.10 Å². The highest BCUT2D eigenvalue weighted by atomic mass is 16.3. The van der Waals surface area contributed by atoms with Gasteiger partial charge in [0.1, 0.15) is 0 Å². The maximum atomic E-state index is 10.5. The van der Waals surface area contributed by atoms with Crippen LogP contribution >= 0.6 is 0 Å². The SMILES string of the molecule is CC1CC(C)CN(C2CC(c3ccccc3)CCC2O)C1. The minimum absolute atomic E-state index is 0.137. The van der Waals surface area contributed by atoms with Gasteiger partial charge >= 0.3 is 0 Å². The molecule has 0 spiro atoms. The highest BCUT2D eigenvalue weighted by molar-refractivity contribution is 5.20. The van der Waals surface area contributed by atoms with Crippen molar-refractivity contribution in [2.45, 2.75) is 57.6 Å². The summed E-state index contributed by atoms with van der Waals surface area (Å²) in [7, 11) is 0. The van der Waals surface area contributed by atoms with E-state index in [2.05, 4.69) is 49.1 Å². The first kappa shape index (κ1) is 15.1. The van der Waals surface area contributed by atoms with Crippen LogP contribution in [0.15, 0.2) is 30.3 Å². The fourth-order valence-electron chi connectivity index (χ4n) is 4.53. The fourth-order valence-corrected chi connectivity index (χ4v) is 4.53. The highest BCUT2D eigenvalue weighted by Crippen LogP contribution is 2.37. The second-order valence-corrected chi connectivity index (χ2v) is 7.46. The molecule has 116 valence electrons. The molecule has 0 bridgehead atoms. The first-order valence-corrected chi connectivity index (χ1v) is 8.60. The Kier molecular flexibility index (Phi) is 4.66. The van der Waals surface area contributed by atoms with Crippen molar-refractivity contribution in [1.82, 2.24) is 4.90 Å². The lowest BCUT2D eigenvalue weighted by atomic mass is 9.78. The monoisotopic (exact) mass is 287 g/mol. The number of likely N-dealkylation sites (tertiary alicyclic amines) is 1. The number of rotatable bonds is 2. The summed E-state index contributed by atoms with van der Waals surface area (Å²) in [6.07, 6.45) is 4.39. The molecule has 5 atom stereocenters. The first-order chi connectivity index (χ1) is 10.1. The van der Waals surface area contributed by atoms with Crippen molar-refractivity contribution in [3.05, 3.63) is 35.9 Å². The van der Waals surface area contributed by atoms with E-state index in [1.54, 1.807) is 0 Å². The summed E-state index contributed by atoms with van der Waals surface area (Å²) < 4.78 is 0. The Morgan fingerprint density at radius 1 is 0.952 bits per heavy atom. The maximum absolute atomic E-state index is 10.5. The molecule has 1 aliphatic carbocycles. The number of benzene rings is 1. The third-order valence-corrected chi connectivity index (χ3v) is 5.42. The van der Waals surface area contributed by atoms with Crippen molar-refractivity contribution < 1.29 is 5.11 Å². The van der Waals surface area contributed by atoms with Crippen molar-refractivity contribution >= 4 is 0 Å². The van der Waals surface area contributed by atoms with Crippen molar-refractivity contribution in [1.29, 1.82) is 0 Å². The Morgan fingerprint density at radius 2 is 1.62 bits per heavy atom. The van der Waals surface area contributed by atoms with Gasteiger partial charge in [-0.3, -0.25) is 4.90 Å². The van der Waals surface area contributed by atoms with Crippen LogP contribution in [-0.4, -0.2) is 35.2 Å². The van der Waals surface area contributed by atoms with Gasteiger partial charge < -0.3 is 5.11 Å². The smallest absolute Gasteiger partial charge is 0.0695 e. The summed E-state index contributed by atoms with van der Waals surface area (Å²) in [4.78, 5) is 2.58. The molecule has 0 aromatic heterocycles. The molecule has 1 saturated carbocycles. The normalized spacial score (nSPS) is 38.3. The minimum atomic E-state index is -0.137. The van der Waals surface area contributed by atoms with Gasteiger partial charge in [-0.25, -0.2) is 0 Å². The van der Waals surface area contributed by atoms with E-state index >= 15 is 0 Å². The summed E-state index contributed by atoms with van der Waals surface area (Å²) in [5.74, 6) is 2.14. The van der Waals surface area contributed by atoms with Crippen LogP contribution in [0.3, 0.4) is 0 Å². The van der Waals surface area contributed by atoms with Crippen LogP contribution in [-0.2, 0) is 0 Å². The summed E-state index contributed by atoms with van der Waals surface area (Å²) >= 11 is 0. The second-order valence-electron chi connectivity index (χ2n) is 7.46. The lowest BCUT2D eigenvalue weighted by molar-refractivity contribution is -0.0141. The van der Waals surface area contributed by atoms with Gasteiger partial charge in [0.15, 0.2) is 0 Å². The van der Waals surface area contributed by atoms with Crippen molar-refractivity contribution in [2.75, 3.05) is 13.1 Å². The van der Waals surface area contributed by atoms with Crippen molar-refractivity contribution in [3.63, 3.8) is 0 Å². The molecule has 1 aliphatic heterocycles. The zero-order chi connectivity index (χ0) is 14.8. The van der Waals surface area contributed by atoms with Crippen LogP contribution in [0.4, 0.5) is 0 Å². The first-order valence-electron chi connectivity index (χ1n) is 8.60. The van der Waals surface area contributed by atoms with E-state index in [0.29, 0.717) is 12.0 Å². The Balaban J connectivity index is 1.71. The molecule has 1 saturated heterocycles. The van der Waals surface area contributed by atoms with E-state index in [1.165, 1.54) is 12.0 Å². The molecule has 2 aliphatic rings. The maximum Gasteiger partial charge on any atom is 0.0695 e. The summed E-state index contributed by atoms with van der Waals surface area (Å²) in [6.45, 7) is 7.03.